The molecule has 2 heterocycles. The molecule has 2 atom stereocenters. The fourth-order valence-electron chi connectivity index (χ4n) is 3.40. The van der Waals surface area contributed by atoms with Gasteiger partial charge in [-0.3, -0.25) is 0 Å². The lowest BCUT2D eigenvalue weighted by molar-refractivity contribution is -0.159. The molecule has 2 aliphatic heterocycles. The van der Waals surface area contributed by atoms with Crippen LogP contribution < -0.4 is 0 Å². The van der Waals surface area contributed by atoms with Gasteiger partial charge < -0.3 is 14.6 Å². The van der Waals surface area contributed by atoms with E-state index in [1.165, 1.54) is 0 Å². The molecule has 1 spiro atoms. The van der Waals surface area contributed by atoms with Crippen LogP contribution in [0.5, 0.6) is 0 Å². The van der Waals surface area contributed by atoms with Crippen LogP contribution in [0.3, 0.4) is 0 Å². The molecule has 0 radical (unpaired) electrons. The summed E-state index contributed by atoms with van der Waals surface area (Å²) in [5.41, 5.74) is 0.897. The van der Waals surface area contributed by atoms with E-state index < -0.39 is 6.10 Å². The maximum absolute atomic E-state index is 10.8. The minimum atomic E-state index is -0.432. The van der Waals surface area contributed by atoms with E-state index in [4.69, 9.17) is 9.47 Å². The Labute approximate surface area is 142 Å². The highest BCUT2D eigenvalue weighted by Gasteiger charge is 2.41. The first-order chi connectivity index (χ1) is 10.1. The van der Waals surface area contributed by atoms with Crippen LogP contribution in [-0.4, -0.2) is 30.5 Å². The van der Waals surface area contributed by atoms with Crippen molar-refractivity contribution in [1.82, 2.24) is 0 Å². The van der Waals surface area contributed by atoms with Crippen LogP contribution in [0.15, 0.2) is 27.1 Å². The third-order valence-electron chi connectivity index (χ3n) is 4.67. The van der Waals surface area contributed by atoms with Crippen molar-refractivity contribution in [3.63, 3.8) is 0 Å². The number of aliphatic hydroxyl groups excluding tert-OH is 1. The molecule has 21 heavy (non-hydrogen) atoms. The molecule has 2 aliphatic rings. The molecule has 1 N–H and O–H groups in total. The van der Waals surface area contributed by atoms with E-state index in [2.05, 4.69) is 31.9 Å². The number of ether oxygens (including phenoxy) is 2. The van der Waals surface area contributed by atoms with Crippen molar-refractivity contribution in [2.45, 2.75) is 37.4 Å². The third-order valence-corrected chi connectivity index (χ3v) is 6.55. The fraction of sp³-hybridized carbons (Fsp3) is 0.625. The van der Waals surface area contributed by atoms with Crippen LogP contribution in [0.1, 0.15) is 37.4 Å². The summed E-state index contributed by atoms with van der Waals surface area (Å²) in [6, 6.07) is 5.97. The Kier molecular flexibility index (Phi) is 5.06. The van der Waals surface area contributed by atoms with Gasteiger partial charge in [-0.1, -0.05) is 6.07 Å². The van der Waals surface area contributed by atoms with Crippen LogP contribution in [0.25, 0.3) is 0 Å². The first-order valence-electron chi connectivity index (χ1n) is 7.44. The standard InChI is InChI=1S/C16H20Br2O3/c17-13-2-1-11(9-14(13)18)15(19)12-3-6-21-16(10-12)4-7-20-8-5-16/h1-2,9,12,15,19H,3-8,10H2. The number of hydrogen-bond acceptors (Lipinski definition) is 3. The van der Waals surface area contributed by atoms with E-state index in [1.54, 1.807) is 0 Å². The largest absolute Gasteiger partial charge is 0.388 e. The molecule has 2 unspecified atom stereocenters. The van der Waals surface area contributed by atoms with Crippen LogP contribution in [0, 0.1) is 5.92 Å². The van der Waals surface area contributed by atoms with Gasteiger partial charge in [0.15, 0.2) is 0 Å². The van der Waals surface area contributed by atoms with Crippen molar-refractivity contribution >= 4 is 31.9 Å². The van der Waals surface area contributed by atoms with Crippen molar-refractivity contribution in [2.24, 2.45) is 5.92 Å². The van der Waals surface area contributed by atoms with E-state index in [0.29, 0.717) is 0 Å². The van der Waals surface area contributed by atoms with Gasteiger partial charge in [0.2, 0.25) is 0 Å². The molecular formula is C16H20Br2O3. The highest BCUT2D eigenvalue weighted by molar-refractivity contribution is 9.13. The summed E-state index contributed by atoms with van der Waals surface area (Å²) in [7, 11) is 0. The van der Waals surface area contributed by atoms with Crippen LogP contribution in [0.2, 0.25) is 0 Å². The van der Waals surface area contributed by atoms with Crippen LogP contribution >= 0.6 is 31.9 Å². The number of benzene rings is 1. The zero-order valence-electron chi connectivity index (χ0n) is 11.9. The smallest absolute Gasteiger partial charge is 0.0820 e. The SMILES string of the molecule is OC(c1ccc(Br)c(Br)c1)C1CCOC2(CCOCC2)C1. The molecule has 5 heteroatoms. The van der Waals surface area contributed by atoms with Crippen LogP contribution in [-0.2, 0) is 9.47 Å². The normalized spacial score (nSPS) is 26.7. The predicted molar refractivity (Wildman–Crippen MR) is 88.3 cm³/mol. The first-order valence-corrected chi connectivity index (χ1v) is 9.03. The van der Waals surface area contributed by atoms with E-state index in [-0.39, 0.29) is 11.5 Å². The average molecular weight is 420 g/mol. The molecule has 1 aromatic rings. The first kappa shape index (κ1) is 15.9. The fourth-order valence-corrected chi connectivity index (χ4v) is 4.04. The van der Waals surface area contributed by atoms with Gasteiger partial charge in [-0.25, -0.2) is 0 Å². The summed E-state index contributed by atoms with van der Waals surface area (Å²) in [6.07, 6.45) is 3.29. The molecule has 3 rings (SSSR count). The van der Waals surface area contributed by atoms with Gasteiger partial charge in [-0.05, 0) is 81.2 Å². The Hall–Kier alpha value is 0.0600. The summed E-state index contributed by atoms with van der Waals surface area (Å²) >= 11 is 6.98. The second-order valence-electron chi connectivity index (χ2n) is 6.02. The maximum atomic E-state index is 10.8. The zero-order chi connectivity index (χ0) is 14.9. The van der Waals surface area contributed by atoms with E-state index in [1.807, 2.05) is 18.2 Å². The van der Waals surface area contributed by atoms with Crippen LogP contribution in [0.4, 0.5) is 0 Å². The van der Waals surface area contributed by atoms with Gasteiger partial charge >= 0.3 is 0 Å². The molecule has 0 aromatic heterocycles. The Morgan fingerprint density at radius 1 is 1.14 bits per heavy atom. The number of halogens is 2. The minimum Gasteiger partial charge on any atom is -0.388 e. The van der Waals surface area contributed by atoms with Gasteiger partial charge in [-0.15, -0.1) is 0 Å². The Morgan fingerprint density at radius 2 is 1.90 bits per heavy atom. The molecule has 1 aromatic carbocycles. The Balaban J connectivity index is 1.74. The summed E-state index contributed by atoms with van der Waals surface area (Å²) in [5, 5.41) is 10.8. The number of rotatable bonds is 2. The van der Waals surface area contributed by atoms with Crippen molar-refractivity contribution < 1.29 is 14.6 Å². The quantitative estimate of drug-likeness (QED) is 0.779. The molecule has 0 bridgehead atoms. The molecule has 3 nitrogen and oxygen atoms in total. The lowest BCUT2D eigenvalue weighted by atomic mass is 9.77. The highest BCUT2D eigenvalue weighted by atomic mass is 79.9. The summed E-state index contributed by atoms with van der Waals surface area (Å²) in [4.78, 5) is 0. The Morgan fingerprint density at radius 3 is 2.62 bits per heavy atom. The molecule has 0 saturated carbocycles. The molecule has 0 aliphatic carbocycles. The van der Waals surface area contributed by atoms with E-state index in [9.17, 15) is 5.11 Å². The summed E-state index contributed by atoms with van der Waals surface area (Å²) in [6.45, 7) is 2.28. The van der Waals surface area contributed by atoms with Gasteiger partial charge in [0.05, 0.1) is 11.7 Å². The third kappa shape index (κ3) is 3.53. The molecule has 116 valence electrons. The maximum Gasteiger partial charge on any atom is 0.0820 e. The lowest BCUT2D eigenvalue weighted by Gasteiger charge is -2.44. The second kappa shape index (κ2) is 6.67. The van der Waals surface area contributed by atoms with E-state index in [0.717, 1.165) is 60.0 Å². The van der Waals surface area contributed by atoms with Crippen molar-refractivity contribution in [1.29, 1.82) is 0 Å². The number of aliphatic hydroxyl groups is 1. The molecule has 0 amide bonds. The molecular weight excluding hydrogens is 400 g/mol. The van der Waals surface area contributed by atoms with Gasteiger partial charge in [0.1, 0.15) is 0 Å². The van der Waals surface area contributed by atoms with Gasteiger partial charge in [0.25, 0.3) is 0 Å². The van der Waals surface area contributed by atoms with Crippen molar-refractivity contribution in [3.05, 3.63) is 32.7 Å². The Bertz CT molecular complexity index is 495. The number of hydrogen-bond donors (Lipinski definition) is 1. The molecule has 2 fully saturated rings. The summed E-state index contributed by atoms with van der Waals surface area (Å²) < 4.78 is 13.5. The monoisotopic (exact) mass is 418 g/mol. The second-order valence-corrected chi connectivity index (χ2v) is 7.72. The van der Waals surface area contributed by atoms with Gasteiger partial charge in [0, 0.05) is 28.8 Å². The highest BCUT2D eigenvalue weighted by Crippen LogP contribution is 2.42. The zero-order valence-corrected chi connectivity index (χ0v) is 15.0. The summed E-state index contributed by atoms with van der Waals surface area (Å²) in [5.74, 6) is 0.255. The van der Waals surface area contributed by atoms with Gasteiger partial charge in [-0.2, -0.15) is 0 Å². The topological polar surface area (TPSA) is 38.7 Å². The lowest BCUT2D eigenvalue weighted by Crippen LogP contribution is -2.45. The van der Waals surface area contributed by atoms with E-state index >= 15 is 0 Å². The van der Waals surface area contributed by atoms with Crippen molar-refractivity contribution in [2.75, 3.05) is 19.8 Å². The molecule has 2 saturated heterocycles. The minimum absolute atomic E-state index is 0.0747. The average Bonchev–Trinajstić information content (AvgIpc) is 2.50. The predicted octanol–water partition coefficient (Wildman–Crippen LogP) is 4.22. The van der Waals surface area contributed by atoms with Crippen molar-refractivity contribution in [3.8, 4) is 0 Å².